The number of ketones is 1. The smallest absolute Gasteiger partial charge is 0.203 e. The zero-order valence-electron chi connectivity index (χ0n) is 14.0. The van der Waals surface area contributed by atoms with Gasteiger partial charge in [-0.15, -0.1) is 0 Å². The molecule has 6 heteroatoms. The third-order valence-electron chi connectivity index (χ3n) is 5.10. The first-order valence-corrected chi connectivity index (χ1v) is 8.86. The van der Waals surface area contributed by atoms with Gasteiger partial charge in [0.15, 0.2) is 0 Å². The Bertz CT molecular complexity index is 874. The molecule has 0 radical (unpaired) electrons. The SMILES string of the molecule is O=C1CN=C2c3c(ccnc31)N=C1C=CC(CN3CCCCC3)=CN12. The van der Waals surface area contributed by atoms with Crippen LogP contribution in [0, 0.1) is 0 Å². The van der Waals surface area contributed by atoms with E-state index in [1.54, 1.807) is 6.20 Å². The number of nitrogens with zero attached hydrogens (tertiary/aromatic N) is 5. The van der Waals surface area contributed by atoms with Gasteiger partial charge in [-0.05, 0) is 43.6 Å². The molecule has 4 aliphatic heterocycles. The number of amidine groups is 2. The Hall–Kier alpha value is -2.60. The van der Waals surface area contributed by atoms with E-state index in [-0.39, 0.29) is 12.3 Å². The zero-order chi connectivity index (χ0) is 16.8. The van der Waals surface area contributed by atoms with Gasteiger partial charge in [0.25, 0.3) is 0 Å². The topological polar surface area (TPSA) is 61.2 Å². The number of likely N-dealkylation sites (tertiary alicyclic amines) is 1. The van der Waals surface area contributed by atoms with Crippen molar-refractivity contribution in [2.24, 2.45) is 9.98 Å². The molecule has 0 atom stereocenters. The number of rotatable bonds is 2. The molecule has 5 rings (SSSR count). The number of fused-ring (bicyclic) bond motifs is 2. The summed E-state index contributed by atoms with van der Waals surface area (Å²) in [6, 6.07) is 1.85. The fraction of sp³-hybridized carbons (Fsp3) is 0.368. The first-order valence-electron chi connectivity index (χ1n) is 8.86. The standard InChI is InChI=1S/C19H19N5O/c25-15-10-21-19-17-14(6-7-20-18(15)17)22-16-5-4-13(12-24(16)19)11-23-8-2-1-3-9-23/h4-7,12H,1-3,8-11H2. The Morgan fingerprint density at radius 1 is 1.12 bits per heavy atom. The molecule has 5 heterocycles. The number of hydrogen-bond donors (Lipinski definition) is 0. The van der Waals surface area contributed by atoms with Gasteiger partial charge in [-0.1, -0.05) is 12.5 Å². The zero-order valence-corrected chi connectivity index (χ0v) is 14.0. The highest BCUT2D eigenvalue weighted by Gasteiger charge is 2.33. The number of carbonyl (C=O) groups is 1. The van der Waals surface area contributed by atoms with Crippen LogP contribution in [0.5, 0.6) is 0 Å². The van der Waals surface area contributed by atoms with Crippen LogP contribution in [0.3, 0.4) is 0 Å². The van der Waals surface area contributed by atoms with Crippen LogP contribution in [0.4, 0.5) is 5.69 Å². The van der Waals surface area contributed by atoms with E-state index >= 15 is 0 Å². The molecule has 1 saturated heterocycles. The van der Waals surface area contributed by atoms with Crippen molar-refractivity contribution in [3.05, 3.63) is 47.4 Å². The van der Waals surface area contributed by atoms with Crippen LogP contribution < -0.4 is 0 Å². The molecule has 0 amide bonds. The monoisotopic (exact) mass is 333 g/mol. The maximum Gasteiger partial charge on any atom is 0.203 e. The van der Waals surface area contributed by atoms with Crippen LogP contribution in [0.2, 0.25) is 0 Å². The average molecular weight is 333 g/mol. The van der Waals surface area contributed by atoms with Crippen molar-refractivity contribution >= 4 is 23.1 Å². The van der Waals surface area contributed by atoms with Crippen LogP contribution in [0.1, 0.15) is 35.3 Å². The molecule has 25 heavy (non-hydrogen) atoms. The summed E-state index contributed by atoms with van der Waals surface area (Å²) in [6.07, 6.45) is 11.9. The Morgan fingerprint density at radius 2 is 2.00 bits per heavy atom. The van der Waals surface area contributed by atoms with Gasteiger partial charge in [-0.2, -0.15) is 0 Å². The van der Waals surface area contributed by atoms with E-state index in [2.05, 4.69) is 27.2 Å². The number of Topliss-reactive ketones (excluding diaryl/α,β-unsaturated/α-hetero) is 1. The van der Waals surface area contributed by atoms with E-state index < -0.39 is 0 Å². The summed E-state index contributed by atoms with van der Waals surface area (Å²) in [4.78, 5) is 30.1. The lowest BCUT2D eigenvalue weighted by molar-refractivity contribution is 0.0995. The molecule has 0 unspecified atom stereocenters. The quantitative estimate of drug-likeness (QED) is 0.833. The Kier molecular flexibility index (Phi) is 3.38. The minimum atomic E-state index is -0.0377. The summed E-state index contributed by atoms with van der Waals surface area (Å²) in [7, 11) is 0. The van der Waals surface area contributed by atoms with Crippen LogP contribution in [0.25, 0.3) is 0 Å². The van der Waals surface area contributed by atoms with Crippen molar-refractivity contribution in [3.8, 4) is 0 Å². The normalized spacial score (nSPS) is 22.0. The molecule has 1 fully saturated rings. The second-order valence-electron chi connectivity index (χ2n) is 6.83. The Balaban J connectivity index is 1.51. The summed E-state index contributed by atoms with van der Waals surface area (Å²) in [6.45, 7) is 3.43. The number of carbonyl (C=O) groups excluding carboxylic acids is 1. The molecule has 0 saturated carbocycles. The van der Waals surface area contributed by atoms with Crippen molar-refractivity contribution in [2.75, 3.05) is 26.2 Å². The van der Waals surface area contributed by atoms with E-state index in [1.165, 1.54) is 37.9 Å². The van der Waals surface area contributed by atoms with Gasteiger partial charge in [0.05, 0.1) is 11.3 Å². The fourth-order valence-corrected chi connectivity index (χ4v) is 3.86. The highest BCUT2D eigenvalue weighted by Crippen LogP contribution is 2.33. The van der Waals surface area contributed by atoms with Crippen molar-refractivity contribution in [3.63, 3.8) is 0 Å². The summed E-state index contributed by atoms with van der Waals surface area (Å²) in [5.74, 6) is 1.60. The number of aliphatic imine (C=N–C) groups is 2. The summed E-state index contributed by atoms with van der Waals surface area (Å²) < 4.78 is 0. The van der Waals surface area contributed by atoms with Crippen molar-refractivity contribution in [1.29, 1.82) is 0 Å². The summed E-state index contributed by atoms with van der Waals surface area (Å²) >= 11 is 0. The lowest BCUT2D eigenvalue weighted by Gasteiger charge is -2.34. The minimum absolute atomic E-state index is 0.0377. The van der Waals surface area contributed by atoms with E-state index in [4.69, 9.17) is 4.99 Å². The predicted molar refractivity (Wildman–Crippen MR) is 96.4 cm³/mol. The molecule has 0 spiro atoms. The fourth-order valence-electron chi connectivity index (χ4n) is 3.86. The van der Waals surface area contributed by atoms with E-state index in [1.807, 2.05) is 17.0 Å². The van der Waals surface area contributed by atoms with Gasteiger partial charge >= 0.3 is 0 Å². The van der Waals surface area contributed by atoms with Crippen molar-refractivity contribution < 1.29 is 4.79 Å². The lowest BCUT2D eigenvalue weighted by Crippen LogP contribution is -2.41. The van der Waals surface area contributed by atoms with E-state index in [0.717, 1.165) is 29.5 Å². The number of aromatic nitrogens is 1. The molecule has 0 aliphatic carbocycles. The van der Waals surface area contributed by atoms with Crippen molar-refractivity contribution in [1.82, 2.24) is 14.8 Å². The van der Waals surface area contributed by atoms with Gasteiger partial charge in [-0.25, -0.2) is 4.99 Å². The number of piperidine rings is 1. The summed E-state index contributed by atoms with van der Waals surface area (Å²) in [5.41, 5.74) is 3.28. The third kappa shape index (κ3) is 2.44. The molecule has 0 bridgehead atoms. The maximum atomic E-state index is 12.1. The molecule has 1 aromatic rings. The maximum absolute atomic E-state index is 12.1. The Morgan fingerprint density at radius 3 is 2.88 bits per heavy atom. The number of hydrogen-bond acceptors (Lipinski definition) is 6. The molecule has 0 aromatic carbocycles. The van der Waals surface area contributed by atoms with Crippen molar-refractivity contribution in [2.45, 2.75) is 19.3 Å². The minimum Gasteiger partial charge on any atom is -0.299 e. The van der Waals surface area contributed by atoms with E-state index in [9.17, 15) is 4.79 Å². The highest BCUT2D eigenvalue weighted by atomic mass is 16.1. The third-order valence-corrected chi connectivity index (χ3v) is 5.10. The molecular weight excluding hydrogens is 314 g/mol. The molecule has 6 nitrogen and oxygen atoms in total. The lowest BCUT2D eigenvalue weighted by atomic mass is 10.0. The van der Waals surface area contributed by atoms with Gasteiger partial charge in [-0.3, -0.25) is 24.6 Å². The highest BCUT2D eigenvalue weighted by molar-refractivity contribution is 6.24. The first kappa shape index (κ1) is 14.7. The molecular formula is C19H19N5O. The summed E-state index contributed by atoms with van der Waals surface area (Å²) in [5, 5.41) is 0. The van der Waals surface area contributed by atoms with Gasteiger partial charge in [0.1, 0.15) is 23.9 Å². The molecule has 0 N–H and O–H groups in total. The second-order valence-corrected chi connectivity index (χ2v) is 6.83. The molecule has 4 aliphatic rings. The van der Waals surface area contributed by atoms with Crippen LogP contribution in [-0.2, 0) is 0 Å². The molecule has 126 valence electrons. The molecule has 1 aromatic heterocycles. The predicted octanol–water partition coefficient (Wildman–Crippen LogP) is 2.31. The van der Waals surface area contributed by atoms with Crippen LogP contribution >= 0.6 is 0 Å². The number of pyridine rings is 1. The van der Waals surface area contributed by atoms with Gasteiger partial charge in [0.2, 0.25) is 5.78 Å². The van der Waals surface area contributed by atoms with Gasteiger partial charge < -0.3 is 0 Å². The Labute approximate surface area is 146 Å². The second kappa shape index (κ2) is 5.74. The average Bonchev–Trinajstić information content (AvgIpc) is 2.65. The van der Waals surface area contributed by atoms with Crippen LogP contribution in [0.15, 0.2) is 46.2 Å². The van der Waals surface area contributed by atoms with Crippen LogP contribution in [-0.4, -0.2) is 58.4 Å². The van der Waals surface area contributed by atoms with E-state index in [0.29, 0.717) is 5.69 Å². The largest absolute Gasteiger partial charge is 0.299 e. The first-order chi connectivity index (χ1) is 12.3. The van der Waals surface area contributed by atoms with Gasteiger partial charge in [0, 0.05) is 18.9 Å².